The van der Waals surface area contributed by atoms with E-state index in [4.69, 9.17) is 0 Å². The van der Waals surface area contributed by atoms with E-state index in [0.29, 0.717) is 67.7 Å². The van der Waals surface area contributed by atoms with Gasteiger partial charge in [-0.1, -0.05) is 30.0 Å². The molecule has 2 fully saturated rings. The summed E-state index contributed by atoms with van der Waals surface area (Å²) in [6.07, 6.45) is 1.28. The molecule has 1 unspecified atom stereocenters. The Kier molecular flexibility index (Phi) is 7.45. The Balaban J connectivity index is 1.23. The Hall–Kier alpha value is -4.08. The molecule has 0 aromatic heterocycles. The molecule has 2 saturated heterocycles. The molecule has 0 saturated carbocycles. The number of hydrogen-bond acceptors (Lipinski definition) is 4. The molecule has 2 aliphatic heterocycles. The quantitative estimate of drug-likeness (QED) is 0.485. The van der Waals surface area contributed by atoms with Crippen LogP contribution in [0.2, 0.25) is 0 Å². The monoisotopic (exact) mass is 522 g/mol. The summed E-state index contributed by atoms with van der Waals surface area (Å²) in [4.78, 5) is 30.3. The summed E-state index contributed by atoms with van der Waals surface area (Å²) >= 11 is 0. The number of likely N-dealkylation sites (tertiary alicyclic amines) is 2. The Bertz CT molecular complexity index is 1410. The number of nitrogens with zero attached hydrogens (tertiary/aromatic N) is 2. The summed E-state index contributed by atoms with van der Waals surface area (Å²) in [6, 6.07) is 20.6. The van der Waals surface area contributed by atoms with Gasteiger partial charge in [0.05, 0.1) is 6.10 Å². The Morgan fingerprint density at radius 1 is 0.795 bits per heavy atom. The predicted molar refractivity (Wildman–Crippen MR) is 151 cm³/mol. The highest BCUT2D eigenvalue weighted by atomic mass is 16.3. The summed E-state index contributed by atoms with van der Waals surface area (Å²) in [5.74, 6) is 6.37. The van der Waals surface area contributed by atoms with Crippen molar-refractivity contribution in [3.8, 4) is 17.6 Å². The van der Waals surface area contributed by atoms with Gasteiger partial charge in [0, 0.05) is 53.8 Å². The lowest BCUT2D eigenvalue weighted by molar-refractivity contribution is -0.0676. The minimum atomic E-state index is -0.510. The lowest BCUT2D eigenvalue weighted by Crippen LogP contribution is -2.58. The molecule has 3 aromatic carbocycles. The van der Waals surface area contributed by atoms with Crippen molar-refractivity contribution in [2.75, 3.05) is 26.2 Å². The molecule has 2 N–H and O–H groups in total. The van der Waals surface area contributed by atoms with Gasteiger partial charge >= 0.3 is 0 Å². The maximum Gasteiger partial charge on any atom is 0.253 e. The second-order valence-electron chi connectivity index (χ2n) is 10.8. The van der Waals surface area contributed by atoms with Crippen LogP contribution in [0.25, 0.3) is 0 Å². The first kappa shape index (κ1) is 26.5. The van der Waals surface area contributed by atoms with Gasteiger partial charge in [-0.05, 0) is 92.8 Å². The highest BCUT2D eigenvalue weighted by Gasteiger charge is 2.46. The van der Waals surface area contributed by atoms with Crippen molar-refractivity contribution in [2.24, 2.45) is 5.41 Å². The SMILES string of the molecule is Cc1cc(C(=O)N2CCC(O)C3(CCN(C(=O)c4ccc(C#Cc5ccccc5)cc4)CC3)C2)cc(C)c1O. The third-order valence-electron chi connectivity index (χ3n) is 8.21. The number of phenols is 1. The van der Waals surface area contributed by atoms with Crippen molar-refractivity contribution in [2.45, 2.75) is 39.2 Å². The summed E-state index contributed by atoms with van der Waals surface area (Å²) < 4.78 is 0. The second-order valence-corrected chi connectivity index (χ2v) is 10.8. The van der Waals surface area contributed by atoms with E-state index in [1.165, 1.54) is 0 Å². The zero-order valence-electron chi connectivity index (χ0n) is 22.5. The van der Waals surface area contributed by atoms with Gasteiger partial charge < -0.3 is 20.0 Å². The van der Waals surface area contributed by atoms with Gasteiger partial charge in [-0.15, -0.1) is 0 Å². The van der Waals surface area contributed by atoms with Gasteiger partial charge in [-0.25, -0.2) is 0 Å². The number of rotatable bonds is 2. The molecule has 3 aromatic rings. The first-order valence-corrected chi connectivity index (χ1v) is 13.5. The van der Waals surface area contributed by atoms with Crippen molar-refractivity contribution in [3.05, 3.63) is 100 Å². The fraction of sp³-hybridized carbons (Fsp3) is 0.333. The molecular weight excluding hydrogens is 488 g/mol. The first-order chi connectivity index (χ1) is 18.8. The Morgan fingerprint density at radius 2 is 1.36 bits per heavy atom. The van der Waals surface area contributed by atoms with Crippen LogP contribution < -0.4 is 0 Å². The van der Waals surface area contributed by atoms with Crippen molar-refractivity contribution < 1.29 is 19.8 Å². The minimum absolute atomic E-state index is 0.0271. The number of aromatic hydroxyl groups is 1. The van der Waals surface area contributed by atoms with E-state index in [2.05, 4.69) is 11.8 Å². The maximum atomic E-state index is 13.3. The van der Waals surface area contributed by atoms with Crippen LogP contribution in [0.15, 0.2) is 66.7 Å². The summed E-state index contributed by atoms with van der Waals surface area (Å²) in [7, 11) is 0. The first-order valence-electron chi connectivity index (χ1n) is 13.5. The van der Waals surface area contributed by atoms with Gasteiger partial charge in [0.25, 0.3) is 11.8 Å². The number of piperidine rings is 2. The van der Waals surface area contributed by atoms with Gasteiger partial charge in [0.1, 0.15) is 5.75 Å². The second kappa shape index (κ2) is 11.0. The number of phenolic OH excluding ortho intramolecular Hbond substituents is 1. The molecule has 5 rings (SSSR count). The molecule has 39 heavy (non-hydrogen) atoms. The Morgan fingerprint density at radius 3 is 1.97 bits per heavy atom. The normalized spacial score (nSPS) is 18.4. The van der Waals surface area contributed by atoms with Crippen LogP contribution in [0.1, 0.15) is 62.2 Å². The molecule has 6 nitrogen and oxygen atoms in total. The fourth-order valence-electron chi connectivity index (χ4n) is 5.78. The van der Waals surface area contributed by atoms with Gasteiger partial charge in [-0.3, -0.25) is 9.59 Å². The largest absolute Gasteiger partial charge is 0.507 e. The molecule has 1 atom stereocenters. The van der Waals surface area contributed by atoms with Crippen molar-refractivity contribution in [1.29, 1.82) is 0 Å². The summed E-state index contributed by atoms with van der Waals surface area (Å²) in [6.45, 7) is 5.60. The zero-order chi connectivity index (χ0) is 27.6. The standard InChI is InChI=1S/C33H34N2O4/c1-23-20-28(21-24(2)30(23)37)32(39)35-17-14-29(36)33(22-35)15-18-34(19-16-33)31(38)27-12-10-26(11-13-27)9-8-25-6-4-3-5-7-25/h3-7,10-13,20-21,29,36-37H,14-19,22H2,1-2H3. The molecule has 200 valence electrons. The number of carbonyl (C=O) groups is 2. The highest BCUT2D eigenvalue weighted by Crippen LogP contribution is 2.41. The summed E-state index contributed by atoms with van der Waals surface area (Å²) in [5.41, 5.74) is 3.89. The lowest BCUT2D eigenvalue weighted by Gasteiger charge is -2.50. The maximum absolute atomic E-state index is 13.3. The van der Waals surface area contributed by atoms with Crippen LogP contribution in [0, 0.1) is 31.1 Å². The summed E-state index contributed by atoms with van der Waals surface area (Å²) in [5, 5.41) is 21.1. The lowest BCUT2D eigenvalue weighted by atomic mass is 9.70. The van der Waals surface area contributed by atoms with E-state index in [9.17, 15) is 19.8 Å². The molecule has 0 aliphatic carbocycles. The van der Waals surface area contributed by atoms with Crippen LogP contribution in [0.4, 0.5) is 0 Å². The highest BCUT2D eigenvalue weighted by molar-refractivity contribution is 5.95. The van der Waals surface area contributed by atoms with Crippen LogP contribution >= 0.6 is 0 Å². The molecular formula is C33H34N2O4. The van der Waals surface area contributed by atoms with E-state index in [1.54, 1.807) is 26.0 Å². The van der Waals surface area contributed by atoms with E-state index < -0.39 is 11.5 Å². The van der Waals surface area contributed by atoms with Crippen molar-refractivity contribution >= 4 is 11.8 Å². The molecule has 0 bridgehead atoms. The van der Waals surface area contributed by atoms with E-state index in [1.807, 2.05) is 64.4 Å². The van der Waals surface area contributed by atoms with E-state index in [0.717, 1.165) is 11.1 Å². The smallest absolute Gasteiger partial charge is 0.253 e. The molecule has 2 aliphatic rings. The van der Waals surface area contributed by atoms with Gasteiger partial charge in [-0.2, -0.15) is 0 Å². The average molecular weight is 523 g/mol. The number of aliphatic hydroxyl groups is 1. The number of aryl methyl sites for hydroxylation is 2. The van der Waals surface area contributed by atoms with Crippen molar-refractivity contribution in [3.63, 3.8) is 0 Å². The number of aliphatic hydroxyl groups excluding tert-OH is 1. The van der Waals surface area contributed by atoms with Crippen LogP contribution in [-0.2, 0) is 0 Å². The topological polar surface area (TPSA) is 81.1 Å². The predicted octanol–water partition coefficient (Wildman–Crippen LogP) is 4.54. The van der Waals surface area contributed by atoms with E-state index >= 15 is 0 Å². The van der Waals surface area contributed by atoms with Crippen molar-refractivity contribution in [1.82, 2.24) is 9.80 Å². The molecule has 0 radical (unpaired) electrons. The minimum Gasteiger partial charge on any atom is -0.507 e. The van der Waals surface area contributed by atoms with E-state index in [-0.39, 0.29) is 17.6 Å². The number of benzene rings is 3. The van der Waals surface area contributed by atoms with Gasteiger partial charge in [0.15, 0.2) is 0 Å². The Labute approximate surface area is 229 Å². The molecule has 2 heterocycles. The zero-order valence-corrected chi connectivity index (χ0v) is 22.5. The molecule has 6 heteroatoms. The van der Waals surface area contributed by atoms with Crippen LogP contribution in [0.3, 0.4) is 0 Å². The van der Waals surface area contributed by atoms with Gasteiger partial charge in [0.2, 0.25) is 0 Å². The number of amides is 2. The third-order valence-corrected chi connectivity index (χ3v) is 8.21. The average Bonchev–Trinajstić information content (AvgIpc) is 2.96. The third kappa shape index (κ3) is 5.55. The number of carbonyl (C=O) groups excluding carboxylic acids is 2. The van der Waals surface area contributed by atoms with Crippen LogP contribution in [-0.4, -0.2) is 64.1 Å². The fourth-order valence-corrected chi connectivity index (χ4v) is 5.78. The molecule has 1 spiro atoms. The molecule has 2 amide bonds. The van der Waals surface area contributed by atoms with Crippen LogP contribution in [0.5, 0.6) is 5.75 Å². The number of hydrogen-bond donors (Lipinski definition) is 2.